The highest BCUT2D eigenvalue weighted by molar-refractivity contribution is 5.90. The molecule has 2 aromatic rings. The first-order chi connectivity index (χ1) is 13.3. The SMILES string of the molecule is Cc1ccc(CCNC(=O)N(CCc2ccc(C)cc2)C(=O)OC(C)C)cc1. The summed E-state index contributed by atoms with van der Waals surface area (Å²) >= 11 is 0. The molecule has 0 fully saturated rings. The Morgan fingerprint density at radius 2 is 1.39 bits per heavy atom. The van der Waals surface area contributed by atoms with Gasteiger partial charge in [0, 0.05) is 13.1 Å². The van der Waals surface area contributed by atoms with Gasteiger partial charge in [-0.15, -0.1) is 0 Å². The number of aryl methyl sites for hydroxylation is 2. The zero-order valence-electron chi connectivity index (χ0n) is 17.2. The average molecular weight is 383 g/mol. The Morgan fingerprint density at radius 3 is 1.89 bits per heavy atom. The van der Waals surface area contributed by atoms with E-state index in [2.05, 4.69) is 5.32 Å². The zero-order valence-corrected chi connectivity index (χ0v) is 17.2. The number of hydrogen-bond acceptors (Lipinski definition) is 3. The number of carbonyl (C=O) groups is 2. The van der Waals surface area contributed by atoms with Gasteiger partial charge < -0.3 is 10.1 Å². The summed E-state index contributed by atoms with van der Waals surface area (Å²) in [6, 6.07) is 15.8. The number of hydrogen-bond donors (Lipinski definition) is 1. The Balaban J connectivity index is 1.94. The molecule has 0 unspecified atom stereocenters. The molecule has 3 amide bonds. The number of nitrogens with one attached hydrogen (secondary N) is 1. The first-order valence-corrected chi connectivity index (χ1v) is 9.72. The Kier molecular flexibility index (Phi) is 8.05. The summed E-state index contributed by atoms with van der Waals surface area (Å²) in [5, 5.41) is 2.83. The van der Waals surface area contributed by atoms with Gasteiger partial charge in [-0.05, 0) is 51.7 Å². The Labute approximate surface area is 167 Å². The smallest absolute Gasteiger partial charge is 0.418 e. The van der Waals surface area contributed by atoms with E-state index in [1.807, 2.05) is 62.4 Å². The predicted molar refractivity (Wildman–Crippen MR) is 111 cm³/mol. The fraction of sp³-hybridized carbons (Fsp3) is 0.391. The van der Waals surface area contributed by atoms with E-state index >= 15 is 0 Å². The van der Waals surface area contributed by atoms with Crippen LogP contribution in [0.15, 0.2) is 48.5 Å². The molecule has 0 saturated carbocycles. The number of carbonyl (C=O) groups excluding carboxylic acids is 2. The standard InChI is InChI=1S/C23H30N2O3/c1-17(2)28-23(27)25(16-14-21-11-7-19(4)8-12-21)22(26)24-15-13-20-9-5-18(3)6-10-20/h5-12,17H,13-16H2,1-4H3,(H,24,26). The van der Waals surface area contributed by atoms with E-state index in [-0.39, 0.29) is 12.6 Å². The maximum atomic E-state index is 12.6. The molecule has 5 heteroatoms. The monoisotopic (exact) mass is 382 g/mol. The molecule has 0 spiro atoms. The second kappa shape index (κ2) is 10.5. The van der Waals surface area contributed by atoms with Crippen LogP contribution in [0.1, 0.15) is 36.1 Å². The van der Waals surface area contributed by atoms with Crippen molar-refractivity contribution < 1.29 is 14.3 Å². The van der Waals surface area contributed by atoms with Gasteiger partial charge in [-0.25, -0.2) is 14.5 Å². The van der Waals surface area contributed by atoms with Crippen molar-refractivity contribution in [2.45, 2.75) is 46.6 Å². The second-order valence-corrected chi connectivity index (χ2v) is 7.29. The minimum atomic E-state index is -0.616. The molecule has 28 heavy (non-hydrogen) atoms. The van der Waals surface area contributed by atoms with Crippen molar-refractivity contribution in [2.24, 2.45) is 0 Å². The largest absolute Gasteiger partial charge is 0.446 e. The minimum Gasteiger partial charge on any atom is -0.446 e. The van der Waals surface area contributed by atoms with Gasteiger partial charge in [0.15, 0.2) is 0 Å². The fourth-order valence-corrected chi connectivity index (χ4v) is 2.70. The van der Waals surface area contributed by atoms with E-state index in [1.165, 1.54) is 11.1 Å². The van der Waals surface area contributed by atoms with E-state index in [4.69, 9.17) is 4.74 Å². The van der Waals surface area contributed by atoms with Crippen LogP contribution in [-0.4, -0.2) is 36.2 Å². The van der Waals surface area contributed by atoms with Crippen molar-refractivity contribution in [2.75, 3.05) is 13.1 Å². The van der Waals surface area contributed by atoms with Crippen LogP contribution in [0.2, 0.25) is 0 Å². The molecular weight excluding hydrogens is 352 g/mol. The van der Waals surface area contributed by atoms with Crippen molar-refractivity contribution in [1.82, 2.24) is 10.2 Å². The lowest BCUT2D eigenvalue weighted by Crippen LogP contribution is -2.46. The number of urea groups is 1. The number of nitrogens with zero attached hydrogens (tertiary/aromatic N) is 1. The normalized spacial score (nSPS) is 10.6. The van der Waals surface area contributed by atoms with E-state index < -0.39 is 12.1 Å². The maximum absolute atomic E-state index is 12.6. The van der Waals surface area contributed by atoms with E-state index in [0.29, 0.717) is 19.4 Å². The van der Waals surface area contributed by atoms with Gasteiger partial charge in [0.2, 0.25) is 0 Å². The van der Waals surface area contributed by atoms with E-state index in [1.54, 1.807) is 13.8 Å². The Morgan fingerprint density at radius 1 is 0.893 bits per heavy atom. The molecule has 0 radical (unpaired) electrons. The molecule has 0 saturated heterocycles. The third-order valence-corrected chi connectivity index (χ3v) is 4.36. The third kappa shape index (κ3) is 7.06. The lowest BCUT2D eigenvalue weighted by molar-refractivity contribution is 0.0850. The van der Waals surface area contributed by atoms with Crippen molar-refractivity contribution in [3.63, 3.8) is 0 Å². The molecule has 2 aromatic carbocycles. The molecule has 0 heterocycles. The summed E-state index contributed by atoms with van der Waals surface area (Å²) in [6.45, 7) is 8.33. The van der Waals surface area contributed by atoms with Crippen LogP contribution in [-0.2, 0) is 17.6 Å². The maximum Gasteiger partial charge on any atom is 0.418 e. The number of imide groups is 1. The molecule has 1 N–H and O–H groups in total. The predicted octanol–water partition coefficient (Wildman–Crippen LogP) is 4.65. The molecule has 150 valence electrons. The van der Waals surface area contributed by atoms with Gasteiger partial charge in [-0.3, -0.25) is 0 Å². The zero-order chi connectivity index (χ0) is 20.5. The van der Waals surface area contributed by atoms with E-state index in [0.717, 1.165) is 16.0 Å². The van der Waals surface area contributed by atoms with Crippen LogP contribution >= 0.6 is 0 Å². The molecule has 0 aliphatic rings. The Hall–Kier alpha value is -2.82. The third-order valence-electron chi connectivity index (χ3n) is 4.36. The quantitative estimate of drug-likeness (QED) is 0.759. The summed E-state index contributed by atoms with van der Waals surface area (Å²) in [4.78, 5) is 26.1. The molecule has 0 aliphatic carbocycles. The van der Waals surface area contributed by atoms with Gasteiger partial charge in [0.1, 0.15) is 0 Å². The van der Waals surface area contributed by atoms with Gasteiger partial charge in [-0.1, -0.05) is 59.7 Å². The van der Waals surface area contributed by atoms with Gasteiger partial charge in [0.05, 0.1) is 6.10 Å². The van der Waals surface area contributed by atoms with Gasteiger partial charge in [0.25, 0.3) is 0 Å². The summed E-state index contributed by atoms with van der Waals surface area (Å²) in [7, 11) is 0. The van der Waals surface area contributed by atoms with E-state index in [9.17, 15) is 9.59 Å². The van der Waals surface area contributed by atoms with Crippen molar-refractivity contribution >= 4 is 12.1 Å². The highest BCUT2D eigenvalue weighted by Crippen LogP contribution is 2.08. The molecule has 2 rings (SSSR count). The van der Waals surface area contributed by atoms with Crippen LogP contribution in [0, 0.1) is 13.8 Å². The highest BCUT2D eigenvalue weighted by Gasteiger charge is 2.23. The van der Waals surface area contributed by atoms with Crippen LogP contribution < -0.4 is 5.32 Å². The van der Waals surface area contributed by atoms with Crippen molar-refractivity contribution in [3.8, 4) is 0 Å². The van der Waals surface area contributed by atoms with Crippen LogP contribution in [0.25, 0.3) is 0 Å². The molecule has 0 atom stereocenters. The van der Waals surface area contributed by atoms with Gasteiger partial charge >= 0.3 is 12.1 Å². The molecule has 0 bridgehead atoms. The van der Waals surface area contributed by atoms with Crippen LogP contribution in [0.5, 0.6) is 0 Å². The highest BCUT2D eigenvalue weighted by atomic mass is 16.6. The van der Waals surface area contributed by atoms with Crippen molar-refractivity contribution in [3.05, 3.63) is 70.8 Å². The number of amides is 3. The van der Waals surface area contributed by atoms with Crippen molar-refractivity contribution in [1.29, 1.82) is 0 Å². The van der Waals surface area contributed by atoms with Crippen LogP contribution in [0.4, 0.5) is 9.59 Å². The second-order valence-electron chi connectivity index (χ2n) is 7.29. The fourth-order valence-electron chi connectivity index (χ4n) is 2.70. The number of benzene rings is 2. The molecule has 5 nitrogen and oxygen atoms in total. The number of rotatable bonds is 7. The van der Waals surface area contributed by atoms with Gasteiger partial charge in [-0.2, -0.15) is 0 Å². The molecule has 0 aromatic heterocycles. The lowest BCUT2D eigenvalue weighted by atomic mass is 10.1. The van der Waals surface area contributed by atoms with Crippen LogP contribution in [0.3, 0.4) is 0 Å². The molecular formula is C23H30N2O3. The first kappa shape index (κ1) is 21.5. The summed E-state index contributed by atoms with van der Waals surface area (Å²) in [5.41, 5.74) is 4.59. The summed E-state index contributed by atoms with van der Waals surface area (Å²) < 4.78 is 5.24. The lowest BCUT2D eigenvalue weighted by Gasteiger charge is -2.22. The molecule has 0 aliphatic heterocycles. The summed E-state index contributed by atoms with van der Waals surface area (Å²) in [5.74, 6) is 0. The Bertz CT molecular complexity index is 767. The number of ether oxygens (including phenoxy) is 1. The average Bonchev–Trinajstić information content (AvgIpc) is 2.64. The first-order valence-electron chi connectivity index (χ1n) is 9.72. The topological polar surface area (TPSA) is 58.6 Å². The minimum absolute atomic E-state index is 0.269. The summed E-state index contributed by atoms with van der Waals surface area (Å²) in [6.07, 6.45) is 0.389.